The minimum atomic E-state index is -0.862. The molecule has 5 N–H and O–H groups in total. The number of aryl methyl sites for hydroxylation is 2. The topological polar surface area (TPSA) is 134 Å². The van der Waals surface area contributed by atoms with Gasteiger partial charge in [-0.25, -0.2) is 4.98 Å². The van der Waals surface area contributed by atoms with Crippen molar-refractivity contribution in [2.75, 3.05) is 24.7 Å². The number of carboxylic acid groups (broad SMARTS) is 1. The summed E-state index contributed by atoms with van der Waals surface area (Å²) in [4.78, 5) is 18.8. The predicted octanol–water partition coefficient (Wildman–Crippen LogP) is 2.72. The van der Waals surface area contributed by atoms with E-state index in [4.69, 9.17) is 37.6 Å². The molecule has 0 spiro atoms. The van der Waals surface area contributed by atoms with E-state index in [2.05, 4.69) is 9.97 Å². The molecule has 0 unspecified atom stereocenters. The molecule has 0 aliphatic carbocycles. The standard InChI is InChI=1S/C18H23ClN4O4/c1-2-13-16(17(20)23-18(21)22-13)27-9-3-8-26-14-10-12(19)6-4-11(14)5-7-15(24)25/h4,6,10H,2-3,5,7-9H2,1H3,(H,24,25)(H4,20,21,22,23). The van der Waals surface area contributed by atoms with Gasteiger partial charge in [0.05, 0.1) is 18.9 Å². The van der Waals surface area contributed by atoms with Crippen LogP contribution in [0.4, 0.5) is 11.8 Å². The van der Waals surface area contributed by atoms with Crippen molar-refractivity contribution in [3.8, 4) is 11.5 Å². The zero-order chi connectivity index (χ0) is 19.8. The second-order valence-electron chi connectivity index (χ2n) is 5.79. The van der Waals surface area contributed by atoms with E-state index in [-0.39, 0.29) is 18.2 Å². The van der Waals surface area contributed by atoms with E-state index in [0.29, 0.717) is 54.7 Å². The Morgan fingerprint density at radius 2 is 1.96 bits per heavy atom. The van der Waals surface area contributed by atoms with Crippen LogP contribution in [0.5, 0.6) is 11.5 Å². The molecule has 0 bridgehead atoms. The van der Waals surface area contributed by atoms with E-state index in [1.54, 1.807) is 18.2 Å². The first-order chi connectivity index (χ1) is 12.9. The van der Waals surface area contributed by atoms with E-state index in [9.17, 15) is 4.79 Å². The van der Waals surface area contributed by atoms with Crippen LogP contribution in [0.25, 0.3) is 0 Å². The molecule has 2 rings (SSSR count). The molecule has 1 heterocycles. The maximum Gasteiger partial charge on any atom is 0.303 e. The Kier molecular flexibility index (Phi) is 7.48. The predicted molar refractivity (Wildman–Crippen MR) is 103 cm³/mol. The highest BCUT2D eigenvalue weighted by molar-refractivity contribution is 6.30. The third-order valence-electron chi connectivity index (χ3n) is 3.74. The zero-order valence-corrected chi connectivity index (χ0v) is 15.8. The van der Waals surface area contributed by atoms with Crippen molar-refractivity contribution in [3.05, 3.63) is 34.5 Å². The fraction of sp³-hybridized carbons (Fsp3) is 0.389. The summed E-state index contributed by atoms with van der Waals surface area (Å²) >= 11 is 6.00. The van der Waals surface area contributed by atoms with Gasteiger partial charge in [-0.05, 0) is 30.5 Å². The summed E-state index contributed by atoms with van der Waals surface area (Å²) in [6.07, 6.45) is 1.60. The lowest BCUT2D eigenvalue weighted by atomic mass is 10.1. The third kappa shape index (κ3) is 6.18. The van der Waals surface area contributed by atoms with Crippen molar-refractivity contribution in [2.45, 2.75) is 32.6 Å². The number of nitrogen functional groups attached to an aromatic ring is 2. The SMILES string of the molecule is CCc1nc(N)nc(N)c1OCCCOc1cc(Cl)ccc1CCC(=O)O. The van der Waals surface area contributed by atoms with Gasteiger partial charge in [-0.15, -0.1) is 0 Å². The molecule has 1 aromatic carbocycles. The minimum absolute atomic E-state index is 0.0251. The molecule has 0 atom stereocenters. The molecule has 0 amide bonds. The van der Waals surface area contributed by atoms with Crippen molar-refractivity contribution >= 4 is 29.3 Å². The first kappa shape index (κ1) is 20.6. The molecular formula is C18H23ClN4O4. The highest BCUT2D eigenvalue weighted by Crippen LogP contribution is 2.26. The maximum absolute atomic E-state index is 10.8. The molecule has 0 radical (unpaired) electrons. The van der Waals surface area contributed by atoms with Gasteiger partial charge in [0.25, 0.3) is 0 Å². The van der Waals surface area contributed by atoms with Gasteiger partial charge in [-0.3, -0.25) is 4.79 Å². The van der Waals surface area contributed by atoms with Crippen LogP contribution in [-0.2, 0) is 17.6 Å². The Morgan fingerprint density at radius 1 is 1.22 bits per heavy atom. The summed E-state index contributed by atoms with van der Waals surface area (Å²) < 4.78 is 11.4. The summed E-state index contributed by atoms with van der Waals surface area (Å²) in [7, 11) is 0. The van der Waals surface area contributed by atoms with Crippen LogP contribution in [0.3, 0.4) is 0 Å². The third-order valence-corrected chi connectivity index (χ3v) is 3.98. The molecule has 0 aliphatic heterocycles. The molecule has 0 saturated carbocycles. The number of aromatic nitrogens is 2. The molecule has 0 saturated heterocycles. The average molecular weight is 395 g/mol. The van der Waals surface area contributed by atoms with E-state index in [1.165, 1.54) is 0 Å². The highest BCUT2D eigenvalue weighted by Gasteiger charge is 2.12. The number of hydrogen-bond acceptors (Lipinski definition) is 7. The normalized spacial score (nSPS) is 10.6. The van der Waals surface area contributed by atoms with Crippen LogP contribution < -0.4 is 20.9 Å². The van der Waals surface area contributed by atoms with Gasteiger partial charge in [-0.1, -0.05) is 24.6 Å². The molecular weight excluding hydrogens is 372 g/mol. The van der Waals surface area contributed by atoms with Gasteiger partial charge in [0.2, 0.25) is 5.95 Å². The second-order valence-corrected chi connectivity index (χ2v) is 6.23. The first-order valence-corrected chi connectivity index (χ1v) is 8.96. The highest BCUT2D eigenvalue weighted by atomic mass is 35.5. The number of benzene rings is 1. The minimum Gasteiger partial charge on any atom is -0.493 e. The lowest BCUT2D eigenvalue weighted by molar-refractivity contribution is -0.136. The quantitative estimate of drug-likeness (QED) is 0.523. The first-order valence-electron chi connectivity index (χ1n) is 8.58. The monoisotopic (exact) mass is 394 g/mol. The second kappa shape index (κ2) is 9.82. The molecule has 9 heteroatoms. The van der Waals surface area contributed by atoms with Crippen LogP contribution in [0.1, 0.15) is 31.0 Å². The Bertz CT molecular complexity index is 801. The van der Waals surface area contributed by atoms with Gasteiger partial charge in [0, 0.05) is 17.9 Å². The number of ether oxygens (including phenoxy) is 2. The van der Waals surface area contributed by atoms with Crippen LogP contribution in [-0.4, -0.2) is 34.3 Å². The molecule has 146 valence electrons. The molecule has 2 aromatic rings. The Hall–Kier alpha value is -2.74. The van der Waals surface area contributed by atoms with Gasteiger partial charge >= 0.3 is 5.97 Å². The van der Waals surface area contributed by atoms with Crippen LogP contribution in [0.15, 0.2) is 18.2 Å². The van der Waals surface area contributed by atoms with Crippen LogP contribution >= 0.6 is 11.6 Å². The van der Waals surface area contributed by atoms with E-state index in [1.807, 2.05) is 6.92 Å². The van der Waals surface area contributed by atoms with Crippen LogP contribution in [0, 0.1) is 0 Å². The number of halogens is 1. The van der Waals surface area contributed by atoms with E-state index in [0.717, 1.165) is 5.56 Å². The molecule has 1 aromatic heterocycles. The van der Waals surface area contributed by atoms with Crippen molar-refractivity contribution in [3.63, 3.8) is 0 Å². The molecule has 8 nitrogen and oxygen atoms in total. The summed E-state index contributed by atoms with van der Waals surface area (Å²) in [5.41, 5.74) is 12.9. The molecule has 27 heavy (non-hydrogen) atoms. The van der Waals surface area contributed by atoms with E-state index < -0.39 is 5.97 Å². The van der Waals surface area contributed by atoms with Gasteiger partial charge in [0.15, 0.2) is 11.6 Å². The van der Waals surface area contributed by atoms with Crippen molar-refractivity contribution < 1.29 is 19.4 Å². The number of carbonyl (C=O) groups is 1. The number of rotatable bonds is 10. The molecule has 0 fully saturated rings. The average Bonchev–Trinajstić information content (AvgIpc) is 2.61. The number of nitrogens with two attached hydrogens (primary N) is 2. The summed E-state index contributed by atoms with van der Waals surface area (Å²) in [5, 5.41) is 9.37. The van der Waals surface area contributed by atoms with Crippen molar-refractivity contribution in [1.82, 2.24) is 9.97 Å². The van der Waals surface area contributed by atoms with Crippen LogP contribution in [0.2, 0.25) is 5.02 Å². The Balaban J connectivity index is 1.89. The van der Waals surface area contributed by atoms with Crippen molar-refractivity contribution in [2.24, 2.45) is 0 Å². The zero-order valence-electron chi connectivity index (χ0n) is 15.1. The largest absolute Gasteiger partial charge is 0.493 e. The Morgan fingerprint density at radius 3 is 2.67 bits per heavy atom. The maximum atomic E-state index is 10.8. The number of aliphatic carboxylic acids is 1. The smallest absolute Gasteiger partial charge is 0.303 e. The van der Waals surface area contributed by atoms with Gasteiger partial charge in [-0.2, -0.15) is 4.98 Å². The number of anilines is 2. The fourth-order valence-corrected chi connectivity index (χ4v) is 2.62. The Labute approximate surface area is 162 Å². The number of hydrogen-bond donors (Lipinski definition) is 3. The van der Waals surface area contributed by atoms with E-state index >= 15 is 0 Å². The lowest BCUT2D eigenvalue weighted by Gasteiger charge is -2.14. The van der Waals surface area contributed by atoms with Crippen molar-refractivity contribution in [1.29, 1.82) is 0 Å². The summed E-state index contributed by atoms with van der Waals surface area (Å²) in [6, 6.07) is 5.17. The molecule has 0 aliphatic rings. The number of nitrogens with zero attached hydrogens (tertiary/aromatic N) is 2. The number of carboxylic acids is 1. The van der Waals surface area contributed by atoms with Gasteiger partial charge in [0.1, 0.15) is 5.75 Å². The summed E-state index contributed by atoms with van der Waals surface area (Å²) in [5.74, 6) is 0.491. The van der Waals surface area contributed by atoms with Gasteiger partial charge < -0.3 is 26.0 Å². The summed E-state index contributed by atoms with van der Waals surface area (Å²) in [6.45, 7) is 2.65. The lowest BCUT2D eigenvalue weighted by Crippen LogP contribution is -2.11. The fourth-order valence-electron chi connectivity index (χ4n) is 2.46.